The molecule has 0 radical (unpaired) electrons. The van der Waals surface area contributed by atoms with E-state index in [-0.39, 0.29) is 18.0 Å². The largest absolute Gasteiger partial charge is 0.493 e. The molecule has 8 nitrogen and oxygen atoms in total. The van der Waals surface area contributed by atoms with E-state index < -0.39 is 0 Å². The van der Waals surface area contributed by atoms with Gasteiger partial charge in [-0.15, -0.1) is 11.3 Å². The highest BCUT2D eigenvalue weighted by Crippen LogP contribution is 2.45. The molecule has 2 aromatic heterocycles. The summed E-state index contributed by atoms with van der Waals surface area (Å²) in [5.74, 6) is 1.38. The Kier molecular flexibility index (Phi) is 6.19. The molecule has 184 valence electrons. The maximum Gasteiger partial charge on any atom is 0.317 e. The number of benzene rings is 1. The number of fused-ring (bicyclic) bond motifs is 3. The van der Waals surface area contributed by atoms with Crippen LogP contribution in [0.2, 0.25) is 0 Å². The van der Waals surface area contributed by atoms with E-state index in [1.54, 1.807) is 39.7 Å². The second-order valence-electron chi connectivity index (χ2n) is 9.12. The monoisotopic (exact) mass is 494 g/mol. The Labute approximate surface area is 209 Å². The molecule has 1 atom stereocenters. The number of methoxy groups -OCH3 is 2. The topological polar surface area (TPSA) is 76.0 Å². The first kappa shape index (κ1) is 23.3. The van der Waals surface area contributed by atoms with E-state index in [2.05, 4.69) is 21.3 Å². The van der Waals surface area contributed by atoms with Gasteiger partial charge in [0.05, 0.1) is 19.9 Å². The van der Waals surface area contributed by atoms with Crippen LogP contribution in [0.4, 0.5) is 4.79 Å². The molecule has 4 heterocycles. The minimum Gasteiger partial charge on any atom is -0.493 e. The van der Waals surface area contributed by atoms with Gasteiger partial charge in [-0.2, -0.15) is 0 Å². The predicted octanol–water partition coefficient (Wildman–Crippen LogP) is 3.94. The summed E-state index contributed by atoms with van der Waals surface area (Å²) >= 11 is 1.66. The number of aromatic nitrogens is 1. The van der Waals surface area contributed by atoms with E-state index in [9.17, 15) is 9.59 Å². The summed E-state index contributed by atoms with van der Waals surface area (Å²) in [4.78, 5) is 30.3. The third kappa shape index (κ3) is 4.14. The predicted molar refractivity (Wildman–Crippen MR) is 137 cm³/mol. The number of urea groups is 1. The second kappa shape index (κ2) is 9.30. The van der Waals surface area contributed by atoms with E-state index in [4.69, 9.17) is 9.47 Å². The summed E-state index contributed by atoms with van der Waals surface area (Å²) in [5.41, 5.74) is 5.01. The van der Waals surface area contributed by atoms with Gasteiger partial charge in [0.15, 0.2) is 11.5 Å². The molecule has 2 aliphatic rings. The fraction of sp³-hybridized carbons (Fsp3) is 0.385. The van der Waals surface area contributed by atoms with Crippen LogP contribution in [-0.4, -0.2) is 73.8 Å². The third-order valence-corrected chi connectivity index (χ3v) is 7.68. The molecule has 0 saturated carbocycles. The highest BCUT2D eigenvalue weighted by molar-refractivity contribution is 7.13. The summed E-state index contributed by atoms with van der Waals surface area (Å²) in [6.45, 7) is 1.83. The second-order valence-corrected chi connectivity index (χ2v) is 10.1. The summed E-state index contributed by atoms with van der Waals surface area (Å²) in [6, 6.07) is 10.0. The fourth-order valence-electron chi connectivity index (χ4n) is 4.98. The Bertz CT molecular complexity index is 1260. The van der Waals surface area contributed by atoms with Crippen molar-refractivity contribution in [3.63, 3.8) is 0 Å². The fourth-order valence-corrected chi connectivity index (χ4v) is 5.72. The Morgan fingerprint density at radius 1 is 1.09 bits per heavy atom. The minimum absolute atomic E-state index is 0.000384. The number of carbonyl (C=O) groups is 2. The van der Waals surface area contributed by atoms with Crippen LogP contribution in [0.3, 0.4) is 0 Å². The molecule has 1 N–H and O–H groups in total. The number of amides is 3. The summed E-state index contributed by atoms with van der Waals surface area (Å²) in [7, 11) is 6.72. The molecule has 3 amide bonds. The van der Waals surface area contributed by atoms with Crippen molar-refractivity contribution in [1.29, 1.82) is 0 Å². The van der Waals surface area contributed by atoms with Crippen LogP contribution in [0.15, 0.2) is 35.7 Å². The van der Waals surface area contributed by atoms with Crippen LogP contribution in [0.1, 0.15) is 22.5 Å². The van der Waals surface area contributed by atoms with Gasteiger partial charge >= 0.3 is 6.03 Å². The van der Waals surface area contributed by atoms with Gasteiger partial charge in [0.1, 0.15) is 5.69 Å². The van der Waals surface area contributed by atoms with Crippen molar-refractivity contribution in [3.8, 4) is 33.2 Å². The number of thiophene rings is 1. The number of nitrogens with zero attached hydrogens (tertiary/aromatic N) is 3. The average molecular weight is 495 g/mol. The number of rotatable bonds is 5. The zero-order valence-electron chi connectivity index (χ0n) is 20.5. The summed E-state index contributed by atoms with van der Waals surface area (Å²) in [6.07, 6.45) is 1.54. The first-order chi connectivity index (χ1) is 16.9. The maximum atomic E-state index is 13.7. The molecule has 5 rings (SSSR count). The molecule has 0 bridgehead atoms. The number of nitrogens with one attached hydrogen (secondary N) is 1. The van der Waals surface area contributed by atoms with Crippen LogP contribution in [-0.2, 0) is 13.0 Å². The van der Waals surface area contributed by atoms with Crippen molar-refractivity contribution in [2.45, 2.75) is 25.4 Å². The zero-order valence-corrected chi connectivity index (χ0v) is 21.3. The summed E-state index contributed by atoms with van der Waals surface area (Å²) < 4.78 is 13.3. The van der Waals surface area contributed by atoms with Crippen molar-refractivity contribution in [2.24, 2.45) is 0 Å². The van der Waals surface area contributed by atoms with Crippen LogP contribution >= 0.6 is 11.3 Å². The van der Waals surface area contributed by atoms with Crippen LogP contribution in [0, 0.1) is 0 Å². The normalized spacial score (nSPS) is 16.5. The smallest absolute Gasteiger partial charge is 0.317 e. The molecule has 3 aromatic rings. The molecule has 0 spiro atoms. The Balaban J connectivity index is 1.53. The number of likely N-dealkylation sites (tertiary alicyclic amines) is 1. The number of hydrogen-bond acceptors (Lipinski definition) is 5. The van der Waals surface area contributed by atoms with Gasteiger partial charge in [0, 0.05) is 55.8 Å². The Hall–Kier alpha value is -3.46. The molecule has 9 heteroatoms. The van der Waals surface area contributed by atoms with E-state index in [0.29, 0.717) is 36.8 Å². The molecule has 2 aliphatic heterocycles. The third-order valence-electron chi connectivity index (χ3n) is 6.78. The highest BCUT2D eigenvalue weighted by Gasteiger charge is 2.33. The lowest BCUT2D eigenvalue weighted by Crippen LogP contribution is -2.43. The molecule has 0 aliphatic carbocycles. The van der Waals surface area contributed by atoms with Gasteiger partial charge in [-0.05, 0) is 48.1 Å². The SMILES string of the molecule is COc1cc2c(cc1OC)-c1c(-c3cccs3)cc(C(=O)N3CCC(NC(=O)N(C)C)C3)n1CC2. The van der Waals surface area contributed by atoms with Crippen molar-refractivity contribution < 1.29 is 19.1 Å². The van der Waals surface area contributed by atoms with Crippen LogP contribution in [0.25, 0.3) is 21.7 Å². The quantitative estimate of drug-likeness (QED) is 0.583. The molecule has 1 fully saturated rings. The highest BCUT2D eigenvalue weighted by atomic mass is 32.1. The van der Waals surface area contributed by atoms with Gasteiger partial charge in [-0.3, -0.25) is 4.79 Å². The molecule has 1 aromatic carbocycles. The lowest BCUT2D eigenvalue weighted by molar-refractivity contribution is 0.0778. The van der Waals surface area contributed by atoms with E-state index in [0.717, 1.165) is 34.5 Å². The van der Waals surface area contributed by atoms with Gasteiger partial charge in [-0.25, -0.2) is 4.79 Å². The van der Waals surface area contributed by atoms with Crippen molar-refractivity contribution in [1.82, 2.24) is 19.7 Å². The van der Waals surface area contributed by atoms with E-state index in [1.807, 2.05) is 29.2 Å². The average Bonchev–Trinajstić information content (AvgIpc) is 3.62. The lowest BCUT2D eigenvalue weighted by Gasteiger charge is -2.25. The van der Waals surface area contributed by atoms with Crippen molar-refractivity contribution >= 4 is 23.3 Å². The number of aryl methyl sites for hydroxylation is 1. The molecule has 1 saturated heterocycles. The first-order valence-electron chi connectivity index (χ1n) is 11.7. The van der Waals surface area contributed by atoms with E-state index >= 15 is 0 Å². The molecular weight excluding hydrogens is 464 g/mol. The Morgan fingerprint density at radius 2 is 1.86 bits per heavy atom. The first-order valence-corrected chi connectivity index (χ1v) is 12.6. The van der Waals surface area contributed by atoms with Gasteiger partial charge in [0.2, 0.25) is 0 Å². The standard InChI is InChI=1S/C26H30N4O4S/c1-28(2)26(32)27-17-8-9-29(15-17)25(31)20-13-19(23-6-5-11-35-23)24-18-14-22(34-4)21(33-3)12-16(18)7-10-30(20)24/h5-6,11-14,17H,7-10,15H2,1-4H3,(H,27,32). The number of hydrogen-bond donors (Lipinski definition) is 1. The zero-order chi connectivity index (χ0) is 24.7. The maximum absolute atomic E-state index is 13.7. The van der Waals surface area contributed by atoms with Gasteiger partial charge in [-0.1, -0.05) is 6.07 Å². The van der Waals surface area contributed by atoms with Crippen molar-refractivity contribution in [3.05, 3.63) is 47.0 Å². The molecule has 1 unspecified atom stereocenters. The lowest BCUT2D eigenvalue weighted by atomic mass is 9.95. The number of carbonyl (C=O) groups excluding carboxylic acids is 2. The molecular formula is C26H30N4O4S. The van der Waals surface area contributed by atoms with Crippen molar-refractivity contribution in [2.75, 3.05) is 41.4 Å². The van der Waals surface area contributed by atoms with Crippen LogP contribution < -0.4 is 14.8 Å². The minimum atomic E-state index is -0.134. The van der Waals surface area contributed by atoms with E-state index in [1.165, 1.54) is 10.5 Å². The van der Waals surface area contributed by atoms with Gasteiger partial charge in [0.25, 0.3) is 5.91 Å². The van der Waals surface area contributed by atoms with Crippen LogP contribution in [0.5, 0.6) is 11.5 Å². The number of ether oxygens (including phenoxy) is 2. The Morgan fingerprint density at radius 3 is 2.54 bits per heavy atom. The van der Waals surface area contributed by atoms with Gasteiger partial charge < -0.3 is 29.2 Å². The summed E-state index contributed by atoms with van der Waals surface area (Å²) in [5, 5.41) is 5.06. The molecule has 35 heavy (non-hydrogen) atoms.